The largest absolute Gasteiger partial charge is 0.385 e. The first-order valence-electron chi connectivity index (χ1n) is 13.6. The van der Waals surface area contributed by atoms with Crippen molar-refractivity contribution in [3.63, 3.8) is 0 Å². The van der Waals surface area contributed by atoms with Gasteiger partial charge in [0.15, 0.2) is 0 Å². The van der Waals surface area contributed by atoms with Gasteiger partial charge in [0.1, 0.15) is 0 Å². The van der Waals surface area contributed by atoms with Crippen LogP contribution in [0, 0.1) is 12.8 Å². The number of aryl methyl sites for hydroxylation is 1. The first-order valence-corrected chi connectivity index (χ1v) is 14.0. The summed E-state index contributed by atoms with van der Waals surface area (Å²) in [5, 5.41) is 16.0. The van der Waals surface area contributed by atoms with Crippen LogP contribution in [0.5, 0.6) is 0 Å². The first kappa shape index (κ1) is 28.8. The fourth-order valence-corrected chi connectivity index (χ4v) is 5.96. The van der Waals surface area contributed by atoms with Crippen molar-refractivity contribution in [2.75, 3.05) is 19.6 Å². The van der Waals surface area contributed by atoms with Crippen molar-refractivity contribution in [2.45, 2.75) is 51.7 Å². The highest BCUT2D eigenvalue weighted by molar-refractivity contribution is 6.33. The third kappa shape index (κ3) is 6.70. The molecule has 1 saturated heterocycles. The molecular weight excluding hydrogens is 510 g/mol. The highest BCUT2D eigenvalue weighted by Crippen LogP contribution is 2.45. The summed E-state index contributed by atoms with van der Waals surface area (Å²) in [5.74, 6) is -0.358. The van der Waals surface area contributed by atoms with Crippen LogP contribution in [0.2, 0.25) is 5.02 Å². The molecule has 1 heterocycles. The third-order valence-corrected chi connectivity index (χ3v) is 8.03. The topological polar surface area (TPSA) is 95.7 Å². The van der Waals surface area contributed by atoms with E-state index in [1.165, 1.54) is 6.92 Å². The Kier molecular flexibility index (Phi) is 9.44. The molecule has 7 heteroatoms. The molecule has 39 heavy (non-hydrogen) atoms. The number of hydrogen-bond acceptors (Lipinski definition) is 4. The highest BCUT2D eigenvalue weighted by atomic mass is 35.5. The van der Waals surface area contributed by atoms with E-state index >= 15 is 0 Å². The van der Waals surface area contributed by atoms with Crippen molar-refractivity contribution in [3.05, 3.63) is 94.0 Å². The number of piperidine rings is 1. The van der Waals surface area contributed by atoms with Gasteiger partial charge in [-0.2, -0.15) is 0 Å². The van der Waals surface area contributed by atoms with Crippen molar-refractivity contribution in [2.24, 2.45) is 11.7 Å². The molecule has 0 bridgehead atoms. The maximum absolute atomic E-state index is 13.5. The smallest absolute Gasteiger partial charge is 0.253 e. The van der Waals surface area contributed by atoms with E-state index in [0.29, 0.717) is 49.6 Å². The molecule has 206 valence electrons. The number of likely N-dealkylation sites (tertiary alicyclic amines) is 1. The molecule has 0 spiro atoms. The number of rotatable bonds is 9. The van der Waals surface area contributed by atoms with Gasteiger partial charge in [0.05, 0.1) is 5.60 Å². The van der Waals surface area contributed by atoms with Gasteiger partial charge in [-0.1, -0.05) is 65.7 Å². The summed E-state index contributed by atoms with van der Waals surface area (Å²) >= 11 is 6.81. The molecule has 0 aliphatic carbocycles. The molecule has 1 aliphatic rings. The summed E-state index contributed by atoms with van der Waals surface area (Å²) in [7, 11) is 0. The van der Waals surface area contributed by atoms with Crippen LogP contribution in [0.3, 0.4) is 0 Å². The second-order valence-corrected chi connectivity index (χ2v) is 10.9. The Morgan fingerprint density at radius 2 is 1.87 bits per heavy atom. The maximum atomic E-state index is 13.5. The normalized spacial score (nSPS) is 16.9. The standard InChI is InChI=1S/C32H38ClN3O3/c1-22-7-3-8-26(19-22)30-28(10-4-11-29(30)33)32(39,16-6-17-35-23(2)37)27-9-5-18-36(21-27)31(38)25-14-12-24(20-34)13-15-25/h3-4,7-8,10-15,19,27,39H,5-6,9,16-18,20-21,34H2,1-2H3,(H,35,37). The van der Waals surface area contributed by atoms with Crippen LogP contribution in [-0.2, 0) is 16.9 Å². The number of carbonyl (C=O) groups excluding carboxylic acids is 2. The van der Waals surface area contributed by atoms with Gasteiger partial charge >= 0.3 is 0 Å². The van der Waals surface area contributed by atoms with Crippen molar-refractivity contribution >= 4 is 23.4 Å². The molecule has 0 radical (unpaired) electrons. The zero-order valence-electron chi connectivity index (χ0n) is 22.8. The molecule has 2 amide bonds. The van der Waals surface area contributed by atoms with Crippen LogP contribution >= 0.6 is 11.6 Å². The molecule has 4 rings (SSSR count). The molecule has 4 N–H and O–H groups in total. The van der Waals surface area contributed by atoms with Crippen LogP contribution in [0.1, 0.15) is 59.7 Å². The van der Waals surface area contributed by atoms with Crippen molar-refractivity contribution < 1.29 is 14.7 Å². The quantitative estimate of drug-likeness (QED) is 0.311. The molecule has 6 nitrogen and oxygen atoms in total. The molecule has 0 saturated carbocycles. The summed E-state index contributed by atoms with van der Waals surface area (Å²) in [4.78, 5) is 26.8. The molecular formula is C32H38ClN3O3. The minimum Gasteiger partial charge on any atom is -0.385 e. The second kappa shape index (κ2) is 12.8. The van der Waals surface area contributed by atoms with E-state index in [-0.39, 0.29) is 17.7 Å². The van der Waals surface area contributed by atoms with E-state index in [0.717, 1.165) is 40.7 Å². The third-order valence-electron chi connectivity index (χ3n) is 7.72. The molecule has 2 atom stereocenters. The zero-order valence-corrected chi connectivity index (χ0v) is 23.5. The predicted molar refractivity (Wildman–Crippen MR) is 156 cm³/mol. The summed E-state index contributed by atoms with van der Waals surface area (Å²) in [6.07, 6.45) is 2.56. The lowest BCUT2D eigenvalue weighted by Gasteiger charge is -2.44. The van der Waals surface area contributed by atoms with Gasteiger partial charge in [0.2, 0.25) is 5.91 Å². The Morgan fingerprint density at radius 1 is 1.13 bits per heavy atom. The van der Waals surface area contributed by atoms with Gasteiger partial charge in [-0.25, -0.2) is 0 Å². The minimum atomic E-state index is -1.26. The average molecular weight is 548 g/mol. The van der Waals surface area contributed by atoms with E-state index in [2.05, 4.69) is 11.4 Å². The number of hydrogen-bond donors (Lipinski definition) is 3. The number of aliphatic hydroxyl groups is 1. The second-order valence-electron chi connectivity index (χ2n) is 10.5. The van der Waals surface area contributed by atoms with Crippen molar-refractivity contribution in [1.29, 1.82) is 0 Å². The zero-order chi connectivity index (χ0) is 28.0. The van der Waals surface area contributed by atoms with E-state index in [1.54, 1.807) is 0 Å². The lowest BCUT2D eigenvalue weighted by atomic mass is 9.72. The summed E-state index contributed by atoms with van der Waals surface area (Å²) in [5.41, 5.74) is 9.67. The number of nitrogens with zero attached hydrogens (tertiary/aromatic N) is 1. The van der Waals surface area contributed by atoms with Gasteiger partial charge in [-0.15, -0.1) is 0 Å². The van der Waals surface area contributed by atoms with Crippen LogP contribution in [0.4, 0.5) is 0 Å². The Bertz CT molecular complexity index is 1310. The Morgan fingerprint density at radius 3 is 2.56 bits per heavy atom. The average Bonchev–Trinajstić information content (AvgIpc) is 2.94. The van der Waals surface area contributed by atoms with Gasteiger partial charge in [0, 0.05) is 55.2 Å². The van der Waals surface area contributed by atoms with E-state index in [4.69, 9.17) is 17.3 Å². The lowest BCUT2D eigenvalue weighted by molar-refractivity contribution is -0.119. The predicted octanol–water partition coefficient (Wildman–Crippen LogP) is 5.43. The number of benzene rings is 3. The van der Waals surface area contributed by atoms with Crippen LogP contribution < -0.4 is 11.1 Å². The van der Waals surface area contributed by atoms with E-state index < -0.39 is 5.60 Å². The van der Waals surface area contributed by atoms with Gasteiger partial charge in [0.25, 0.3) is 5.91 Å². The molecule has 3 aromatic rings. The van der Waals surface area contributed by atoms with Crippen molar-refractivity contribution in [3.8, 4) is 11.1 Å². The van der Waals surface area contributed by atoms with Crippen LogP contribution in [-0.4, -0.2) is 41.5 Å². The Balaban J connectivity index is 1.70. The Hall–Kier alpha value is -3.19. The SMILES string of the molecule is CC(=O)NCCCC(O)(c1cccc(Cl)c1-c1cccc(C)c1)C1CCCN(C(=O)c2ccc(CN)cc2)C1. The van der Waals surface area contributed by atoms with Gasteiger partial charge in [-0.3, -0.25) is 9.59 Å². The number of carbonyl (C=O) groups is 2. The molecule has 1 aliphatic heterocycles. The number of halogens is 1. The van der Waals surface area contributed by atoms with Gasteiger partial charge in [-0.05, 0) is 67.5 Å². The van der Waals surface area contributed by atoms with Crippen LogP contribution in [0.15, 0.2) is 66.7 Å². The van der Waals surface area contributed by atoms with Crippen molar-refractivity contribution in [1.82, 2.24) is 10.2 Å². The fourth-order valence-electron chi connectivity index (χ4n) is 5.68. The fraction of sp³-hybridized carbons (Fsp3) is 0.375. The number of nitrogens with two attached hydrogens (primary N) is 1. The summed E-state index contributed by atoms with van der Waals surface area (Å²) in [6, 6.07) is 21.2. The minimum absolute atomic E-state index is 0.0473. The monoisotopic (exact) mass is 547 g/mol. The van der Waals surface area contributed by atoms with E-state index in [9.17, 15) is 14.7 Å². The molecule has 2 unspecified atom stereocenters. The summed E-state index contributed by atoms with van der Waals surface area (Å²) < 4.78 is 0. The van der Waals surface area contributed by atoms with Crippen LogP contribution in [0.25, 0.3) is 11.1 Å². The Labute approximate surface area is 236 Å². The highest BCUT2D eigenvalue weighted by Gasteiger charge is 2.43. The van der Waals surface area contributed by atoms with E-state index in [1.807, 2.05) is 72.5 Å². The lowest BCUT2D eigenvalue weighted by Crippen LogP contribution is -2.48. The first-order chi connectivity index (χ1) is 18.7. The number of amides is 2. The molecule has 3 aromatic carbocycles. The summed E-state index contributed by atoms with van der Waals surface area (Å²) in [6.45, 7) is 5.47. The van der Waals surface area contributed by atoms with Gasteiger partial charge < -0.3 is 21.1 Å². The molecule has 1 fully saturated rings. The maximum Gasteiger partial charge on any atom is 0.253 e. The number of nitrogens with one attached hydrogen (secondary N) is 1. The molecule has 0 aromatic heterocycles.